The lowest BCUT2D eigenvalue weighted by atomic mass is 10.1. The lowest BCUT2D eigenvalue weighted by molar-refractivity contribution is 0.584. The fourth-order valence-corrected chi connectivity index (χ4v) is 2.82. The van der Waals surface area contributed by atoms with Gasteiger partial charge in [0.2, 0.25) is 0 Å². The van der Waals surface area contributed by atoms with Crippen molar-refractivity contribution in [2.45, 2.75) is 6.42 Å². The van der Waals surface area contributed by atoms with Crippen LogP contribution >= 0.6 is 0 Å². The summed E-state index contributed by atoms with van der Waals surface area (Å²) in [7, 11) is -2.04. The van der Waals surface area contributed by atoms with E-state index in [1.54, 1.807) is 6.07 Å². The maximum absolute atomic E-state index is 11.7. The first kappa shape index (κ1) is 10.3. The van der Waals surface area contributed by atoms with Crippen LogP contribution < -0.4 is 14.8 Å². The standard InChI is InChI=1S/C9H13N3O2S/c1-11-15(13,14)12-6-5-7-3-2-4-8(10)9(7)12/h2-4,11H,5-6,10H2,1H3. The average Bonchev–Trinajstić information content (AvgIpc) is 2.63. The van der Waals surface area contributed by atoms with Crippen LogP contribution in [0.2, 0.25) is 0 Å². The molecule has 1 aromatic rings. The van der Waals surface area contributed by atoms with E-state index in [2.05, 4.69) is 4.72 Å². The summed E-state index contributed by atoms with van der Waals surface area (Å²) < 4.78 is 27.0. The Morgan fingerprint density at radius 1 is 1.47 bits per heavy atom. The number of hydrogen-bond acceptors (Lipinski definition) is 3. The number of fused-ring (bicyclic) bond motifs is 1. The maximum atomic E-state index is 11.7. The Morgan fingerprint density at radius 2 is 2.20 bits per heavy atom. The van der Waals surface area contributed by atoms with Crippen LogP contribution in [0.1, 0.15) is 5.56 Å². The Bertz CT molecular complexity index is 484. The number of nitrogens with two attached hydrogens (primary N) is 1. The molecular formula is C9H13N3O2S. The monoisotopic (exact) mass is 227 g/mol. The van der Waals surface area contributed by atoms with E-state index >= 15 is 0 Å². The van der Waals surface area contributed by atoms with Crippen molar-refractivity contribution in [1.82, 2.24) is 4.72 Å². The highest BCUT2D eigenvalue weighted by molar-refractivity contribution is 7.90. The molecule has 0 radical (unpaired) electrons. The molecule has 1 aliphatic heterocycles. The van der Waals surface area contributed by atoms with E-state index in [1.807, 2.05) is 12.1 Å². The molecule has 0 fully saturated rings. The van der Waals surface area contributed by atoms with Crippen molar-refractivity contribution in [1.29, 1.82) is 0 Å². The third-order valence-corrected chi connectivity index (χ3v) is 3.99. The van der Waals surface area contributed by atoms with Crippen molar-refractivity contribution in [2.24, 2.45) is 0 Å². The largest absolute Gasteiger partial charge is 0.397 e. The highest BCUT2D eigenvalue weighted by atomic mass is 32.2. The molecule has 0 amide bonds. The van der Waals surface area contributed by atoms with Gasteiger partial charge in [-0.25, -0.2) is 4.72 Å². The maximum Gasteiger partial charge on any atom is 0.301 e. The predicted molar refractivity (Wildman–Crippen MR) is 59.9 cm³/mol. The molecule has 1 aliphatic rings. The van der Waals surface area contributed by atoms with Crippen molar-refractivity contribution in [2.75, 3.05) is 23.6 Å². The minimum absolute atomic E-state index is 0.451. The van der Waals surface area contributed by atoms with Gasteiger partial charge in [0.1, 0.15) is 0 Å². The summed E-state index contributed by atoms with van der Waals surface area (Å²) >= 11 is 0. The van der Waals surface area contributed by atoms with Gasteiger partial charge < -0.3 is 5.73 Å². The Balaban J connectivity index is 2.54. The van der Waals surface area contributed by atoms with Gasteiger partial charge in [-0.05, 0) is 18.1 Å². The molecule has 3 N–H and O–H groups in total. The van der Waals surface area contributed by atoms with E-state index in [9.17, 15) is 8.42 Å². The third-order valence-electron chi connectivity index (χ3n) is 2.53. The van der Waals surface area contributed by atoms with E-state index < -0.39 is 10.2 Å². The smallest absolute Gasteiger partial charge is 0.301 e. The molecule has 0 bridgehead atoms. The van der Waals surface area contributed by atoms with Crippen LogP contribution in [0.25, 0.3) is 0 Å². The normalized spacial score (nSPS) is 15.4. The zero-order valence-corrected chi connectivity index (χ0v) is 9.21. The molecule has 0 spiro atoms. The van der Waals surface area contributed by atoms with Gasteiger partial charge in [0.25, 0.3) is 0 Å². The van der Waals surface area contributed by atoms with E-state index in [0.29, 0.717) is 24.3 Å². The molecular weight excluding hydrogens is 214 g/mol. The first-order chi connectivity index (χ1) is 7.06. The molecule has 1 heterocycles. The van der Waals surface area contributed by atoms with Crippen LogP contribution in [0.4, 0.5) is 11.4 Å². The molecule has 6 heteroatoms. The highest BCUT2D eigenvalue weighted by Gasteiger charge is 2.29. The van der Waals surface area contributed by atoms with Crippen molar-refractivity contribution >= 4 is 21.6 Å². The first-order valence-corrected chi connectivity index (χ1v) is 6.09. The summed E-state index contributed by atoms with van der Waals surface area (Å²) in [6.07, 6.45) is 0.710. The van der Waals surface area contributed by atoms with Crippen LogP contribution in [-0.2, 0) is 16.6 Å². The number of benzene rings is 1. The number of para-hydroxylation sites is 1. The number of nitrogens with one attached hydrogen (secondary N) is 1. The van der Waals surface area contributed by atoms with Gasteiger partial charge in [-0.1, -0.05) is 12.1 Å². The van der Waals surface area contributed by atoms with Gasteiger partial charge in [0.05, 0.1) is 11.4 Å². The molecule has 5 nitrogen and oxygen atoms in total. The first-order valence-electron chi connectivity index (χ1n) is 4.65. The number of hydrogen-bond donors (Lipinski definition) is 2. The summed E-state index contributed by atoms with van der Waals surface area (Å²) in [5, 5.41) is 0. The van der Waals surface area contributed by atoms with Gasteiger partial charge in [0, 0.05) is 13.6 Å². The molecule has 0 atom stereocenters. The van der Waals surface area contributed by atoms with Gasteiger partial charge in [-0.15, -0.1) is 0 Å². The Labute approximate surface area is 89.1 Å². The topological polar surface area (TPSA) is 75.4 Å². The minimum Gasteiger partial charge on any atom is -0.397 e. The predicted octanol–water partition coefficient (Wildman–Crippen LogP) is 0.0955. The van der Waals surface area contributed by atoms with Crippen molar-refractivity contribution in [3.63, 3.8) is 0 Å². The van der Waals surface area contributed by atoms with E-state index in [0.717, 1.165) is 5.56 Å². The lowest BCUT2D eigenvalue weighted by Gasteiger charge is -2.19. The Kier molecular flexibility index (Phi) is 2.32. The second kappa shape index (κ2) is 3.39. The van der Waals surface area contributed by atoms with Crippen LogP contribution in [0, 0.1) is 0 Å². The summed E-state index contributed by atoms with van der Waals surface area (Å²) in [6.45, 7) is 0.451. The van der Waals surface area contributed by atoms with Crippen LogP contribution in [0.3, 0.4) is 0 Å². The number of rotatable bonds is 2. The van der Waals surface area contributed by atoms with Gasteiger partial charge in [0.15, 0.2) is 0 Å². The van der Waals surface area contributed by atoms with Crippen molar-refractivity contribution in [3.05, 3.63) is 23.8 Å². The van der Waals surface area contributed by atoms with E-state index in [1.165, 1.54) is 11.4 Å². The second-order valence-corrected chi connectivity index (χ2v) is 5.19. The summed E-state index contributed by atoms with van der Waals surface area (Å²) in [4.78, 5) is 0. The molecule has 15 heavy (non-hydrogen) atoms. The molecule has 0 saturated heterocycles. The van der Waals surface area contributed by atoms with Gasteiger partial charge in [-0.2, -0.15) is 8.42 Å². The molecule has 82 valence electrons. The molecule has 0 aromatic heterocycles. The number of nitrogens with zero attached hydrogens (tertiary/aromatic N) is 1. The highest BCUT2D eigenvalue weighted by Crippen LogP contribution is 2.34. The van der Waals surface area contributed by atoms with Crippen LogP contribution in [-0.4, -0.2) is 22.0 Å². The van der Waals surface area contributed by atoms with Crippen LogP contribution in [0.5, 0.6) is 0 Å². The van der Waals surface area contributed by atoms with Crippen molar-refractivity contribution < 1.29 is 8.42 Å². The summed E-state index contributed by atoms with van der Waals surface area (Å²) in [5.74, 6) is 0. The Morgan fingerprint density at radius 3 is 2.87 bits per heavy atom. The number of anilines is 2. The average molecular weight is 227 g/mol. The van der Waals surface area contributed by atoms with Gasteiger partial charge in [-0.3, -0.25) is 4.31 Å². The SMILES string of the molecule is CNS(=O)(=O)N1CCc2cccc(N)c21. The van der Waals surface area contributed by atoms with Crippen LogP contribution in [0.15, 0.2) is 18.2 Å². The van der Waals surface area contributed by atoms with E-state index in [-0.39, 0.29) is 0 Å². The molecule has 0 unspecified atom stereocenters. The minimum atomic E-state index is -3.43. The Hall–Kier alpha value is -1.27. The lowest BCUT2D eigenvalue weighted by Crippen LogP contribution is -2.38. The molecule has 2 rings (SSSR count). The molecule has 0 aliphatic carbocycles. The zero-order chi connectivity index (χ0) is 11.1. The summed E-state index contributed by atoms with van der Waals surface area (Å²) in [6, 6.07) is 5.45. The second-order valence-electron chi connectivity index (χ2n) is 3.39. The molecule has 0 saturated carbocycles. The fourth-order valence-electron chi connectivity index (χ4n) is 1.80. The van der Waals surface area contributed by atoms with Gasteiger partial charge >= 0.3 is 10.2 Å². The van der Waals surface area contributed by atoms with E-state index in [4.69, 9.17) is 5.73 Å². The quantitative estimate of drug-likeness (QED) is 0.703. The fraction of sp³-hybridized carbons (Fsp3) is 0.333. The summed E-state index contributed by atoms with van der Waals surface area (Å²) in [5.41, 5.74) is 7.88. The van der Waals surface area contributed by atoms with Crippen molar-refractivity contribution in [3.8, 4) is 0 Å². The number of nitrogen functional groups attached to an aromatic ring is 1. The zero-order valence-electron chi connectivity index (χ0n) is 8.40. The molecule has 1 aromatic carbocycles. The third kappa shape index (κ3) is 1.55.